The first-order valence-electron chi connectivity index (χ1n) is 7.16. The molecule has 2 rings (SSSR count). The number of carbonyl (C=O) groups excluding carboxylic acids is 1. The van der Waals surface area contributed by atoms with E-state index in [9.17, 15) is 4.79 Å². The first-order chi connectivity index (χ1) is 10.9. The predicted octanol–water partition coefficient (Wildman–Crippen LogP) is 4.20. The Kier molecular flexibility index (Phi) is 6.33. The molecule has 1 atom stereocenters. The molecule has 1 aromatic carbocycles. The number of nitrogens with zero attached hydrogens (tertiary/aromatic N) is 2. The first-order valence-corrected chi connectivity index (χ1v) is 8.90. The van der Waals surface area contributed by atoms with Crippen LogP contribution in [0.25, 0.3) is 0 Å². The number of aromatic nitrogens is 3. The van der Waals surface area contributed by atoms with Gasteiger partial charge in [0.2, 0.25) is 11.1 Å². The number of nitrogens with one attached hydrogen (secondary N) is 2. The lowest BCUT2D eigenvalue weighted by molar-refractivity contribution is -0.119. The number of halogens is 2. The Hall–Kier alpha value is -1.24. The maximum absolute atomic E-state index is 12.0. The molecule has 0 spiro atoms. The van der Waals surface area contributed by atoms with Crippen molar-refractivity contribution >= 4 is 40.9 Å². The maximum atomic E-state index is 12.0. The number of benzene rings is 1. The summed E-state index contributed by atoms with van der Waals surface area (Å²) in [5.74, 6) is 1.25. The molecule has 8 heteroatoms. The third-order valence-electron chi connectivity index (χ3n) is 3.18. The molecular weight excluding hydrogens is 355 g/mol. The monoisotopic (exact) mass is 372 g/mol. The Balaban J connectivity index is 1.87. The molecule has 1 aromatic heterocycles. The fourth-order valence-corrected chi connectivity index (χ4v) is 2.78. The van der Waals surface area contributed by atoms with Crippen LogP contribution in [0.2, 0.25) is 10.0 Å². The number of rotatable bonds is 6. The van der Waals surface area contributed by atoms with E-state index < -0.39 is 0 Å². The van der Waals surface area contributed by atoms with Crippen molar-refractivity contribution in [1.82, 2.24) is 20.5 Å². The van der Waals surface area contributed by atoms with E-state index in [1.165, 1.54) is 11.8 Å². The summed E-state index contributed by atoms with van der Waals surface area (Å²) >= 11 is 13.2. The third kappa shape index (κ3) is 5.12. The number of carbonyl (C=O) groups is 1. The Morgan fingerprint density at radius 3 is 2.65 bits per heavy atom. The lowest BCUT2D eigenvalue weighted by atomic mass is 10.1. The quantitative estimate of drug-likeness (QED) is 0.745. The third-order valence-corrected chi connectivity index (χ3v) is 4.77. The largest absolute Gasteiger partial charge is 0.349 e. The molecule has 0 aliphatic heterocycles. The van der Waals surface area contributed by atoms with Crippen molar-refractivity contribution in [3.8, 4) is 0 Å². The Bertz CT molecular complexity index is 690. The van der Waals surface area contributed by atoms with Crippen molar-refractivity contribution in [2.75, 3.05) is 5.75 Å². The van der Waals surface area contributed by atoms with Gasteiger partial charge in [0, 0.05) is 5.92 Å². The summed E-state index contributed by atoms with van der Waals surface area (Å²) in [6.45, 7) is 5.95. The molecule has 0 bridgehead atoms. The van der Waals surface area contributed by atoms with Gasteiger partial charge in [0.15, 0.2) is 0 Å². The summed E-state index contributed by atoms with van der Waals surface area (Å²) in [7, 11) is 0. The highest BCUT2D eigenvalue weighted by Gasteiger charge is 2.13. The number of amides is 1. The zero-order valence-corrected chi connectivity index (χ0v) is 15.4. The fourth-order valence-electron chi connectivity index (χ4n) is 1.86. The summed E-state index contributed by atoms with van der Waals surface area (Å²) in [5.41, 5.74) is 0.901. The molecule has 23 heavy (non-hydrogen) atoms. The standard InChI is InChI=1S/C15H18Cl2N4OS/c1-8(2)14-19-15(21-20-14)23-7-13(22)18-9(3)10-4-5-11(16)12(17)6-10/h4-6,8-9H,7H2,1-3H3,(H,18,22)(H,19,20,21)/t9-/m0/s1. The van der Waals surface area contributed by atoms with E-state index in [1.807, 2.05) is 26.8 Å². The molecule has 2 aromatic rings. The minimum Gasteiger partial charge on any atom is -0.349 e. The van der Waals surface area contributed by atoms with Crippen molar-refractivity contribution in [2.24, 2.45) is 0 Å². The minimum absolute atomic E-state index is 0.0931. The molecule has 1 amide bonds. The van der Waals surface area contributed by atoms with Gasteiger partial charge in [-0.25, -0.2) is 4.98 Å². The topological polar surface area (TPSA) is 70.7 Å². The number of hydrogen-bond acceptors (Lipinski definition) is 4. The summed E-state index contributed by atoms with van der Waals surface area (Å²) < 4.78 is 0. The second kappa shape index (κ2) is 8.04. The van der Waals surface area contributed by atoms with E-state index in [2.05, 4.69) is 20.5 Å². The minimum atomic E-state index is -0.156. The van der Waals surface area contributed by atoms with Crippen LogP contribution in [0.3, 0.4) is 0 Å². The van der Waals surface area contributed by atoms with Crippen LogP contribution in [0.5, 0.6) is 0 Å². The molecule has 0 aliphatic rings. The van der Waals surface area contributed by atoms with Gasteiger partial charge in [-0.05, 0) is 24.6 Å². The highest BCUT2D eigenvalue weighted by atomic mass is 35.5. The molecule has 0 unspecified atom stereocenters. The van der Waals surface area contributed by atoms with Gasteiger partial charge in [0.1, 0.15) is 5.82 Å². The Morgan fingerprint density at radius 1 is 1.30 bits per heavy atom. The molecule has 124 valence electrons. The number of hydrogen-bond donors (Lipinski definition) is 2. The average Bonchev–Trinajstić information content (AvgIpc) is 2.97. The van der Waals surface area contributed by atoms with Gasteiger partial charge in [-0.3, -0.25) is 9.89 Å². The summed E-state index contributed by atoms with van der Waals surface area (Å²) in [5, 5.41) is 11.4. The molecule has 5 nitrogen and oxygen atoms in total. The molecular formula is C15H18Cl2N4OS. The first kappa shape index (κ1) is 18.1. The Labute approximate surface area is 149 Å². The molecule has 1 heterocycles. The lowest BCUT2D eigenvalue weighted by Crippen LogP contribution is -2.28. The van der Waals surface area contributed by atoms with Crippen LogP contribution in [0.1, 0.15) is 44.1 Å². The molecule has 0 fully saturated rings. The number of thioether (sulfide) groups is 1. The number of H-pyrrole nitrogens is 1. The normalized spacial score (nSPS) is 12.4. The zero-order chi connectivity index (χ0) is 17.0. The molecule has 0 saturated heterocycles. The molecule has 0 aliphatic carbocycles. The van der Waals surface area contributed by atoms with Crippen LogP contribution < -0.4 is 5.32 Å². The van der Waals surface area contributed by atoms with Gasteiger partial charge < -0.3 is 5.32 Å². The molecule has 0 saturated carbocycles. The fraction of sp³-hybridized carbons (Fsp3) is 0.400. The van der Waals surface area contributed by atoms with E-state index in [0.29, 0.717) is 15.2 Å². The van der Waals surface area contributed by atoms with E-state index >= 15 is 0 Å². The van der Waals surface area contributed by atoms with Crippen LogP contribution in [0.15, 0.2) is 23.4 Å². The van der Waals surface area contributed by atoms with Gasteiger partial charge >= 0.3 is 0 Å². The van der Waals surface area contributed by atoms with Crippen molar-refractivity contribution in [3.05, 3.63) is 39.6 Å². The van der Waals surface area contributed by atoms with Gasteiger partial charge in [-0.2, -0.15) is 0 Å². The van der Waals surface area contributed by atoms with Gasteiger partial charge in [0.25, 0.3) is 0 Å². The van der Waals surface area contributed by atoms with E-state index in [1.54, 1.807) is 12.1 Å². The summed E-state index contributed by atoms with van der Waals surface area (Å²) in [6, 6.07) is 5.16. The van der Waals surface area contributed by atoms with E-state index in [0.717, 1.165) is 11.4 Å². The van der Waals surface area contributed by atoms with Gasteiger partial charge in [-0.1, -0.05) is 54.9 Å². The van der Waals surface area contributed by atoms with Crippen LogP contribution in [-0.4, -0.2) is 26.8 Å². The smallest absolute Gasteiger partial charge is 0.230 e. The number of aromatic amines is 1. The van der Waals surface area contributed by atoms with Crippen LogP contribution >= 0.6 is 35.0 Å². The van der Waals surface area contributed by atoms with Crippen LogP contribution in [0, 0.1) is 0 Å². The predicted molar refractivity (Wildman–Crippen MR) is 94.2 cm³/mol. The summed E-state index contributed by atoms with van der Waals surface area (Å²) in [4.78, 5) is 16.4. The van der Waals surface area contributed by atoms with Crippen molar-refractivity contribution < 1.29 is 4.79 Å². The highest BCUT2D eigenvalue weighted by molar-refractivity contribution is 7.99. The van der Waals surface area contributed by atoms with Gasteiger partial charge in [0.05, 0.1) is 21.8 Å². The van der Waals surface area contributed by atoms with Crippen LogP contribution in [-0.2, 0) is 4.79 Å². The summed E-state index contributed by atoms with van der Waals surface area (Å²) in [6.07, 6.45) is 0. The lowest BCUT2D eigenvalue weighted by Gasteiger charge is -2.14. The zero-order valence-electron chi connectivity index (χ0n) is 13.1. The molecule has 0 radical (unpaired) electrons. The second-order valence-corrected chi connectivity index (χ2v) is 7.17. The highest BCUT2D eigenvalue weighted by Crippen LogP contribution is 2.25. The van der Waals surface area contributed by atoms with Crippen LogP contribution in [0.4, 0.5) is 0 Å². The molecule has 2 N–H and O–H groups in total. The van der Waals surface area contributed by atoms with Crippen molar-refractivity contribution in [2.45, 2.75) is 37.9 Å². The van der Waals surface area contributed by atoms with Gasteiger partial charge in [-0.15, -0.1) is 5.10 Å². The maximum Gasteiger partial charge on any atom is 0.230 e. The second-order valence-electron chi connectivity index (χ2n) is 5.41. The van der Waals surface area contributed by atoms with E-state index in [4.69, 9.17) is 23.2 Å². The SMILES string of the molecule is CC(C)c1nc(SCC(=O)N[C@@H](C)c2ccc(Cl)c(Cl)c2)n[nH]1. The average molecular weight is 373 g/mol. The van der Waals surface area contributed by atoms with E-state index in [-0.39, 0.29) is 23.6 Å². The van der Waals surface area contributed by atoms with Crippen molar-refractivity contribution in [1.29, 1.82) is 0 Å². The van der Waals surface area contributed by atoms with Crippen molar-refractivity contribution in [3.63, 3.8) is 0 Å². The Morgan fingerprint density at radius 2 is 2.04 bits per heavy atom.